The lowest BCUT2D eigenvalue weighted by atomic mass is 10.1. The number of halogens is 2. The fourth-order valence-electron chi connectivity index (χ4n) is 2.41. The number of hydrogen-bond donors (Lipinski definition) is 2. The van der Waals surface area contributed by atoms with Crippen LogP contribution in [-0.2, 0) is 0 Å². The van der Waals surface area contributed by atoms with Gasteiger partial charge < -0.3 is 19.9 Å². The maximum atomic E-state index is 12.1. The molecule has 4 nitrogen and oxygen atoms in total. The predicted octanol–water partition coefficient (Wildman–Crippen LogP) is 3.68. The summed E-state index contributed by atoms with van der Waals surface area (Å²) < 4.78 is 33.9. The molecule has 2 N–H and O–H groups in total. The highest BCUT2D eigenvalue weighted by Crippen LogP contribution is 2.25. The number of hydrogen-bond acceptors (Lipinski definition) is 4. The van der Waals surface area contributed by atoms with Crippen LogP contribution in [0.4, 0.5) is 8.78 Å². The van der Waals surface area contributed by atoms with Gasteiger partial charge in [-0.3, -0.25) is 0 Å². The zero-order chi connectivity index (χ0) is 17.5. The highest BCUT2D eigenvalue weighted by atomic mass is 19.3. The van der Waals surface area contributed by atoms with Crippen LogP contribution in [0.2, 0.25) is 0 Å². The summed E-state index contributed by atoms with van der Waals surface area (Å²) >= 11 is 0. The van der Waals surface area contributed by atoms with Crippen LogP contribution in [0.1, 0.15) is 30.2 Å². The van der Waals surface area contributed by atoms with E-state index in [4.69, 9.17) is 4.74 Å². The molecule has 6 heteroatoms. The lowest BCUT2D eigenvalue weighted by molar-refractivity contribution is -0.0498. The Kier molecular flexibility index (Phi) is 6.52. The monoisotopic (exact) mass is 337 g/mol. The van der Waals surface area contributed by atoms with E-state index < -0.39 is 12.7 Å². The summed E-state index contributed by atoms with van der Waals surface area (Å²) in [4.78, 5) is 0. The molecule has 0 saturated heterocycles. The van der Waals surface area contributed by atoms with Gasteiger partial charge in [0.05, 0.1) is 13.2 Å². The second-order valence-electron chi connectivity index (χ2n) is 5.34. The molecule has 0 bridgehead atoms. The van der Waals surface area contributed by atoms with E-state index in [0.29, 0.717) is 12.1 Å². The van der Waals surface area contributed by atoms with Gasteiger partial charge in [0, 0.05) is 18.2 Å². The van der Waals surface area contributed by atoms with E-state index in [-0.39, 0.29) is 11.8 Å². The Labute approximate surface area is 140 Å². The number of aliphatic hydroxyl groups is 1. The van der Waals surface area contributed by atoms with E-state index in [2.05, 4.69) is 10.1 Å². The molecule has 0 aromatic heterocycles. The number of nitrogens with one attached hydrogen (secondary N) is 1. The number of alkyl halides is 2. The quantitative estimate of drug-likeness (QED) is 0.771. The lowest BCUT2D eigenvalue weighted by Gasteiger charge is -2.19. The molecule has 2 aromatic rings. The molecule has 0 amide bonds. The van der Waals surface area contributed by atoms with Crippen LogP contribution < -0.4 is 14.8 Å². The van der Waals surface area contributed by atoms with Crippen molar-refractivity contribution in [1.29, 1.82) is 0 Å². The average Bonchev–Trinajstić information content (AvgIpc) is 2.59. The zero-order valence-corrected chi connectivity index (χ0v) is 13.6. The van der Waals surface area contributed by atoms with Gasteiger partial charge in [-0.05, 0) is 30.7 Å². The maximum Gasteiger partial charge on any atom is 0.387 e. The summed E-state index contributed by atoms with van der Waals surface area (Å²) in [5, 5.41) is 13.5. The topological polar surface area (TPSA) is 50.7 Å². The van der Waals surface area contributed by atoms with Crippen LogP contribution >= 0.6 is 0 Å². The van der Waals surface area contributed by atoms with Gasteiger partial charge in [0.15, 0.2) is 0 Å². The molecule has 0 radical (unpaired) electrons. The minimum atomic E-state index is -2.86. The Bertz CT molecular complexity index is 634. The van der Waals surface area contributed by atoms with Crippen molar-refractivity contribution in [3.05, 3.63) is 59.7 Å². The Hall–Kier alpha value is -2.18. The first-order valence-corrected chi connectivity index (χ1v) is 7.60. The summed E-state index contributed by atoms with van der Waals surface area (Å²) in [6.07, 6.45) is -0.761. The van der Waals surface area contributed by atoms with E-state index >= 15 is 0 Å². The summed E-state index contributed by atoms with van der Waals surface area (Å²) in [6, 6.07) is 13.6. The minimum absolute atomic E-state index is 0.0164. The van der Waals surface area contributed by atoms with Crippen LogP contribution in [0.15, 0.2) is 48.5 Å². The maximum absolute atomic E-state index is 12.1. The third-order valence-electron chi connectivity index (χ3n) is 3.71. The van der Waals surface area contributed by atoms with Gasteiger partial charge in [-0.15, -0.1) is 0 Å². The molecule has 0 aliphatic carbocycles. The number of aliphatic hydroxyl groups excluding tert-OH is 1. The Morgan fingerprint density at radius 1 is 1.08 bits per heavy atom. The number of rotatable bonds is 8. The van der Waals surface area contributed by atoms with Gasteiger partial charge in [0.25, 0.3) is 0 Å². The number of benzene rings is 2. The van der Waals surface area contributed by atoms with Crippen molar-refractivity contribution >= 4 is 0 Å². The average molecular weight is 337 g/mol. The van der Waals surface area contributed by atoms with Gasteiger partial charge in [-0.25, -0.2) is 0 Å². The van der Waals surface area contributed by atoms with Crippen LogP contribution in [0.5, 0.6) is 11.5 Å². The predicted molar refractivity (Wildman–Crippen MR) is 87.4 cm³/mol. The van der Waals surface area contributed by atoms with Gasteiger partial charge in [0.1, 0.15) is 11.5 Å². The Morgan fingerprint density at radius 3 is 2.38 bits per heavy atom. The van der Waals surface area contributed by atoms with Crippen molar-refractivity contribution in [3.8, 4) is 11.5 Å². The highest BCUT2D eigenvalue weighted by Gasteiger charge is 2.14. The number of ether oxygens (including phenoxy) is 2. The third-order valence-corrected chi connectivity index (χ3v) is 3.71. The molecule has 0 spiro atoms. The van der Waals surface area contributed by atoms with Gasteiger partial charge >= 0.3 is 6.61 Å². The molecule has 0 saturated carbocycles. The van der Waals surface area contributed by atoms with Crippen molar-refractivity contribution in [2.24, 2.45) is 0 Å². The number of methoxy groups -OCH3 is 1. The van der Waals surface area contributed by atoms with Crippen molar-refractivity contribution in [2.75, 3.05) is 13.7 Å². The molecular formula is C18H21F2NO3. The van der Waals surface area contributed by atoms with Crippen LogP contribution in [0.25, 0.3) is 0 Å². The van der Waals surface area contributed by atoms with E-state index in [0.717, 1.165) is 11.3 Å². The van der Waals surface area contributed by atoms with Gasteiger partial charge in [-0.2, -0.15) is 8.78 Å². The fourth-order valence-corrected chi connectivity index (χ4v) is 2.41. The summed E-state index contributed by atoms with van der Waals surface area (Å²) in [7, 11) is 1.61. The summed E-state index contributed by atoms with van der Waals surface area (Å²) in [5.41, 5.74) is 1.62. The zero-order valence-electron chi connectivity index (χ0n) is 13.6. The first kappa shape index (κ1) is 18.2. The molecule has 2 unspecified atom stereocenters. The van der Waals surface area contributed by atoms with E-state index in [9.17, 15) is 13.9 Å². The fraction of sp³-hybridized carbons (Fsp3) is 0.333. The van der Waals surface area contributed by atoms with E-state index in [1.165, 1.54) is 12.1 Å². The number of para-hydroxylation sites is 1. The van der Waals surface area contributed by atoms with Crippen LogP contribution in [0.3, 0.4) is 0 Å². The molecule has 0 aliphatic rings. The Morgan fingerprint density at radius 2 is 1.75 bits per heavy atom. The molecule has 2 aromatic carbocycles. The molecule has 2 rings (SSSR count). The molecular weight excluding hydrogens is 316 g/mol. The van der Waals surface area contributed by atoms with Crippen molar-refractivity contribution in [2.45, 2.75) is 25.7 Å². The summed E-state index contributed by atoms with van der Waals surface area (Å²) in [6.45, 7) is -0.567. The normalized spacial score (nSPS) is 13.6. The smallest absolute Gasteiger partial charge is 0.387 e. The second-order valence-corrected chi connectivity index (χ2v) is 5.34. The highest BCUT2D eigenvalue weighted by molar-refractivity contribution is 5.35. The molecule has 0 fully saturated rings. The Balaban J connectivity index is 1.93. The van der Waals surface area contributed by atoms with Crippen LogP contribution in [-0.4, -0.2) is 25.4 Å². The SMILES string of the molecule is COc1ccccc1C(C)NCC(O)c1ccc(OC(F)F)cc1. The minimum Gasteiger partial charge on any atom is -0.496 e. The molecule has 0 aliphatic heterocycles. The molecule has 24 heavy (non-hydrogen) atoms. The first-order chi connectivity index (χ1) is 11.5. The van der Waals surface area contributed by atoms with E-state index in [1.807, 2.05) is 31.2 Å². The standard InChI is InChI=1S/C18H21F2NO3/c1-12(15-5-3-4-6-17(15)23-2)21-11-16(22)13-7-9-14(10-8-13)24-18(19)20/h3-10,12,16,18,21-22H,11H2,1-2H3. The molecule has 0 heterocycles. The van der Waals surface area contributed by atoms with Gasteiger partial charge in [-0.1, -0.05) is 30.3 Å². The molecule has 2 atom stereocenters. The molecule has 130 valence electrons. The van der Waals surface area contributed by atoms with Crippen molar-refractivity contribution < 1.29 is 23.4 Å². The largest absolute Gasteiger partial charge is 0.496 e. The second kappa shape index (κ2) is 8.61. The third kappa shape index (κ3) is 4.91. The van der Waals surface area contributed by atoms with E-state index in [1.54, 1.807) is 19.2 Å². The lowest BCUT2D eigenvalue weighted by Crippen LogP contribution is -2.25. The summed E-state index contributed by atoms with van der Waals surface area (Å²) in [5.74, 6) is 0.844. The first-order valence-electron chi connectivity index (χ1n) is 7.60. The van der Waals surface area contributed by atoms with Crippen LogP contribution in [0, 0.1) is 0 Å². The van der Waals surface area contributed by atoms with Gasteiger partial charge in [0.2, 0.25) is 0 Å². The van der Waals surface area contributed by atoms with Crippen molar-refractivity contribution in [3.63, 3.8) is 0 Å². The van der Waals surface area contributed by atoms with Crippen molar-refractivity contribution in [1.82, 2.24) is 5.32 Å².